The maximum absolute atomic E-state index is 10.8. The first kappa shape index (κ1) is 9.22. The summed E-state index contributed by atoms with van der Waals surface area (Å²) in [5, 5.41) is 0. The molecule has 0 aromatic rings. The molecule has 68 valence electrons. The summed E-state index contributed by atoms with van der Waals surface area (Å²) < 4.78 is 14.9. The van der Waals surface area contributed by atoms with Crippen LogP contribution in [0.15, 0.2) is 12.7 Å². The number of carbonyl (C=O) groups excluding carboxylic acids is 1. The number of esters is 1. The Kier molecular flexibility index (Phi) is 3.25. The van der Waals surface area contributed by atoms with Crippen LogP contribution < -0.4 is 0 Å². The van der Waals surface area contributed by atoms with Crippen molar-refractivity contribution < 1.29 is 19.0 Å². The Morgan fingerprint density at radius 2 is 2.58 bits per heavy atom. The van der Waals surface area contributed by atoms with E-state index in [2.05, 4.69) is 6.58 Å². The average molecular weight is 172 g/mol. The molecule has 0 radical (unpaired) electrons. The molecule has 1 aliphatic heterocycles. The number of hydrogen-bond donors (Lipinski definition) is 0. The lowest BCUT2D eigenvalue weighted by atomic mass is 10.4. The Morgan fingerprint density at radius 3 is 3.00 bits per heavy atom. The molecule has 12 heavy (non-hydrogen) atoms. The Balaban J connectivity index is 2.31. The fraction of sp³-hybridized carbons (Fsp3) is 0.625. The summed E-state index contributed by atoms with van der Waals surface area (Å²) in [6, 6.07) is 0. The van der Waals surface area contributed by atoms with Crippen LogP contribution in [0.1, 0.15) is 6.92 Å². The van der Waals surface area contributed by atoms with Crippen LogP contribution in [-0.2, 0) is 19.0 Å². The van der Waals surface area contributed by atoms with Gasteiger partial charge in [-0.05, 0) is 6.92 Å². The predicted molar refractivity (Wildman–Crippen MR) is 41.4 cm³/mol. The number of hydrogen-bond acceptors (Lipinski definition) is 4. The highest BCUT2D eigenvalue weighted by molar-refractivity contribution is 5.81. The van der Waals surface area contributed by atoms with Gasteiger partial charge < -0.3 is 14.2 Å². The van der Waals surface area contributed by atoms with Crippen LogP contribution in [0.3, 0.4) is 0 Å². The second-order valence-corrected chi connectivity index (χ2v) is 2.34. The van der Waals surface area contributed by atoms with E-state index in [0.29, 0.717) is 13.2 Å². The molecule has 2 atom stereocenters. The molecule has 1 heterocycles. The monoisotopic (exact) mass is 172 g/mol. The molecule has 1 saturated heterocycles. The van der Waals surface area contributed by atoms with Crippen LogP contribution in [0.2, 0.25) is 0 Å². The zero-order valence-electron chi connectivity index (χ0n) is 6.99. The molecule has 0 spiro atoms. The Morgan fingerprint density at radius 1 is 1.92 bits per heavy atom. The van der Waals surface area contributed by atoms with Crippen LogP contribution in [0, 0.1) is 0 Å². The summed E-state index contributed by atoms with van der Waals surface area (Å²) in [6.45, 7) is 6.20. The summed E-state index contributed by atoms with van der Waals surface area (Å²) >= 11 is 0. The van der Waals surface area contributed by atoms with Gasteiger partial charge in [0, 0.05) is 12.7 Å². The molecule has 2 unspecified atom stereocenters. The average Bonchev–Trinajstić information content (AvgIpc) is 2.86. The van der Waals surface area contributed by atoms with E-state index in [1.807, 2.05) is 6.92 Å². The smallest absolute Gasteiger partial charge is 0.332 e. The van der Waals surface area contributed by atoms with Crippen molar-refractivity contribution in [3.63, 3.8) is 0 Å². The zero-order valence-corrected chi connectivity index (χ0v) is 6.99. The summed E-state index contributed by atoms with van der Waals surface area (Å²) in [5.74, 6) is -0.482. The lowest BCUT2D eigenvalue weighted by molar-refractivity contribution is -0.176. The van der Waals surface area contributed by atoms with Crippen LogP contribution in [0.4, 0.5) is 0 Å². The minimum atomic E-state index is -0.569. The fourth-order valence-electron chi connectivity index (χ4n) is 0.757. The van der Waals surface area contributed by atoms with E-state index < -0.39 is 12.3 Å². The molecule has 0 saturated carbocycles. The van der Waals surface area contributed by atoms with Gasteiger partial charge >= 0.3 is 5.97 Å². The van der Waals surface area contributed by atoms with Gasteiger partial charge in [-0.1, -0.05) is 6.58 Å². The molecule has 0 bridgehead atoms. The van der Waals surface area contributed by atoms with Crippen LogP contribution in [0.25, 0.3) is 0 Å². The van der Waals surface area contributed by atoms with Gasteiger partial charge in [0.2, 0.25) is 6.29 Å². The first-order valence-corrected chi connectivity index (χ1v) is 3.84. The molecule has 1 aliphatic rings. The zero-order chi connectivity index (χ0) is 8.97. The second kappa shape index (κ2) is 4.23. The maximum Gasteiger partial charge on any atom is 0.332 e. The number of rotatable bonds is 5. The third-order valence-electron chi connectivity index (χ3n) is 1.39. The summed E-state index contributed by atoms with van der Waals surface area (Å²) in [6.07, 6.45) is 0.448. The molecule has 0 aromatic carbocycles. The highest BCUT2D eigenvalue weighted by atomic mass is 16.7. The Hall–Kier alpha value is -0.870. The van der Waals surface area contributed by atoms with Gasteiger partial charge in [-0.15, -0.1) is 0 Å². The Labute approximate surface area is 71.1 Å². The van der Waals surface area contributed by atoms with Gasteiger partial charge in [0.1, 0.15) is 6.10 Å². The van der Waals surface area contributed by atoms with Crippen molar-refractivity contribution in [1.82, 2.24) is 0 Å². The number of epoxide rings is 1. The second-order valence-electron chi connectivity index (χ2n) is 2.34. The van der Waals surface area contributed by atoms with Crippen molar-refractivity contribution in [2.45, 2.75) is 19.3 Å². The highest BCUT2D eigenvalue weighted by Crippen LogP contribution is 2.18. The molecule has 4 heteroatoms. The summed E-state index contributed by atoms with van der Waals surface area (Å²) in [4.78, 5) is 10.8. The van der Waals surface area contributed by atoms with Crippen molar-refractivity contribution in [3.8, 4) is 0 Å². The van der Waals surface area contributed by atoms with E-state index in [1.54, 1.807) is 0 Å². The van der Waals surface area contributed by atoms with E-state index >= 15 is 0 Å². The third-order valence-corrected chi connectivity index (χ3v) is 1.39. The molecule has 0 N–H and O–H groups in total. The Bertz CT molecular complexity index is 174. The van der Waals surface area contributed by atoms with Crippen LogP contribution in [-0.4, -0.2) is 31.6 Å². The quantitative estimate of drug-likeness (QED) is 0.262. The standard InChI is InChI=1S/C8H12O4/c1-3-7(9)12-8(10-4-2)6-5-11-6/h3,6,8H,1,4-5H2,2H3. The van der Waals surface area contributed by atoms with Crippen molar-refractivity contribution in [2.75, 3.05) is 13.2 Å². The van der Waals surface area contributed by atoms with Crippen LogP contribution in [0.5, 0.6) is 0 Å². The van der Waals surface area contributed by atoms with Gasteiger partial charge in [-0.2, -0.15) is 0 Å². The minimum Gasteiger partial charge on any atom is -0.430 e. The van der Waals surface area contributed by atoms with Gasteiger partial charge in [0.05, 0.1) is 6.61 Å². The van der Waals surface area contributed by atoms with E-state index in [1.165, 1.54) is 0 Å². The number of carbonyl (C=O) groups is 1. The predicted octanol–water partition coefficient (Wildman–Crippen LogP) is 0.477. The lowest BCUT2D eigenvalue weighted by Gasteiger charge is -2.13. The molecule has 0 aromatic heterocycles. The molecule has 4 nitrogen and oxygen atoms in total. The van der Waals surface area contributed by atoms with Crippen molar-refractivity contribution in [1.29, 1.82) is 0 Å². The molecule has 0 amide bonds. The van der Waals surface area contributed by atoms with Gasteiger partial charge in [-0.3, -0.25) is 0 Å². The topological polar surface area (TPSA) is 48.1 Å². The first-order valence-electron chi connectivity index (χ1n) is 3.84. The van der Waals surface area contributed by atoms with Crippen molar-refractivity contribution in [3.05, 3.63) is 12.7 Å². The van der Waals surface area contributed by atoms with E-state index in [9.17, 15) is 4.79 Å². The molecule has 0 aliphatic carbocycles. The van der Waals surface area contributed by atoms with Crippen molar-refractivity contribution >= 4 is 5.97 Å². The molecule has 1 rings (SSSR count). The van der Waals surface area contributed by atoms with Gasteiger partial charge in [0.25, 0.3) is 0 Å². The first-order chi connectivity index (χ1) is 5.77. The fourth-order valence-corrected chi connectivity index (χ4v) is 0.757. The molecule has 1 fully saturated rings. The van der Waals surface area contributed by atoms with E-state index in [4.69, 9.17) is 14.2 Å². The third kappa shape index (κ3) is 2.64. The largest absolute Gasteiger partial charge is 0.430 e. The minimum absolute atomic E-state index is 0.0890. The maximum atomic E-state index is 10.8. The SMILES string of the molecule is C=CC(=O)OC(OCC)C1CO1. The van der Waals surface area contributed by atoms with Gasteiger partial charge in [-0.25, -0.2) is 4.79 Å². The summed E-state index contributed by atoms with van der Waals surface area (Å²) in [5.41, 5.74) is 0. The highest BCUT2D eigenvalue weighted by Gasteiger charge is 2.36. The normalized spacial score (nSPS) is 22.9. The van der Waals surface area contributed by atoms with Gasteiger partial charge in [0.15, 0.2) is 0 Å². The lowest BCUT2D eigenvalue weighted by Crippen LogP contribution is -2.26. The molecular formula is C8H12O4. The number of ether oxygens (including phenoxy) is 3. The van der Waals surface area contributed by atoms with E-state index in [-0.39, 0.29) is 6.10 Å². The van der Waals surface area contributed by atoms with Crippen molar-refractivity contribution in [2.24, 2.45) is 0 Å². The van der Waals surface area contributed by atoms with Crippen LogP contribution >= 0.6 is 0 Å². The summed E-state index contributed by atoms with van der Waals surface area (Å²) in [7, 11) is 0. The molecular weight excluding hydrogens is 160 g/mol. The van der Waals surface area contributed by atoms with E-state index in [0.717, 1.165) is 6.08 Å².